The van der Waals surface area contributed by atoms with Crippen LogP contribution in [0, 0.1) is 17.2 Å². The minimum absolute atomic E-state index is 0.228. The summed E-state index contributed by atoms with van der Waals surface area (Å²) in [7, 11) is 0. The Hall–Kier alpha value is -1.60. The fraction of sp³-hybridized carbons (Fsp3) is 0.684. The van der Waals surface area contributed by atoms with Crippen molar-refractivity contribution in [2.75, 3.05) is 11.9 Å². The van der Waals surface area contributed by atoms with Crippen molar-refractivity contribution in [3.8, 4) is 6.07 Å². The molecule has 2 heterocycles. The summed E-state index contributed by atoms with van der Waals surface area (Å²) in [5.74, 6) is 1.78. The predicted molar refractivity (Wildman–Crippen MR) is 93.6 cm³/mol. The number of anilines is 1. The molecule has 0 saturated carbocycles. The summed E-state index contributed by atoms with van der Waals surface area (Å²) in [6.45, 7) is 14.2. The molecule has 0 unspecified atom stereocenters. The highest BCUT2D eigenvalue weighted by Crippen LogP contribution is 2.36. The molecule has 0 saturated heterocycles. The van der Waals surface area contributed by atoms with Crippen LogP contribution in [-0.4, -0.2) is 17.1 Å². The van der Waals surface area contributed by atoms with Gasteiger partial charge in [-0.05, 0) is 37.7 Å². The quantitative estimate of drug-likeness (QED) is 0.875. The molecule has 1 aliphatic rings. The van der Waals surface area contributed by atoms with E-state index in [-0.39, 0.29) is 11.5 Å². The van der Waals surface area contributed by atoms with Crippen LogP contribution in [0.2, 0.25) is 0 Å². The van der Waals surface area contributed by atoms with Gasteiger partial charge in [0, 0.05) is 18.5 Å². The van der Waals surface area contributed by atoms with Gasteiger partial charge < -0.3 is 10.1 Å². The molecule has 0 aromatic carbocycles. The van der Waals surface area contributed by atoms with Gasteiger partial charge in [-0.25, -0.2) is 4.98 Å². The van der Waals surface area contributed by atoms with Gasteiger partial charge in [-0.1, -0.05) is 27.7 Å². The van der Waals surface area contributed by atoms with E-state index in [0.29, 0.717) is 12.5 Å². The fourth-order valence-corrected chi connectivity index (χ4v) is 2.96. The maximum Gasteiger partial charge on any atom is 0.132 e. The van der Waals surface area contributed by atoms with Crippen LogP contribution in [0.25, 0.3) is 0 Å². The number of nitrogens with zero attached hydrogens (tertiary/aromatic N) is 2. The third kappa shape index (κ3) is 4.03. The highest BCUT2D eigenvalue weighted by molar-refractivity contribution is 5.58. The van der Waals surface area contributed by atoms with Gasteiger partial charge in [0.15, 0.2) is 0 Å². The van der Waals surface area contributed by atoms with Crippen LogP contribution in [-0.2, 0) is 17.8 Å². The van der Waals surface area contributed by atoms with Crippen molar-refractivity contribution < 1.29 is 4.74 Å². The smallest absolute Gasteiger partial charge is 0.132 e. The Bertz CT molecular complexity index is 612. The average molecular weight is 315 g/mol. The van der Waals surface area contributed by atoms with Crippen molar-refractivity contribution in [1.29, 1.82) is 5.26 Å². The van der Waals surface area contributed by atoms with Gasteiger partial charge in [0.2, 0.25) is 0 Å². The highest BCUT2D eigenvalue weighted by Gasteiger charge is 2.32. The van der Waals surface area contributed by atoms with Gasteiger partial charge in [0.05, 0.1) is 23.5 Å². The van der Waals surface area contributed by atoms with Crippen molar-refractivity contribution >= 4 is 5.82 Å². The molecule has 4 nitrogen and oxygen atoms in total. The standard InChI is InChI=1S/C19H29N3O/c1-12(2)7-8-21-18-16-11-23-19(5,6)9-14(16)15(10-20)17(22-18)13(3)4/h12-13H,7-9,11H2,1-6H3,(H,21,22). The molecule has 4 heteroatoms. The first-order valence-electron chi connectivity index (χ1n) is 8.58. The van der Waals surface area contributed by atoms with E-state index in [4.69, 9.17) is 9.72 Å². The SMILES string of the molecule is CC(C)CCNc1nc(C(C)C)c(C#N)c2c1COC(C)(C)C2. The van der Waals surface area contributed by atoms with E-state index in [0.717, 1.165) is 47.6 Å². The molecular formula is C19H29N3O. The normalized spacial score (nSPS) is 16.3. The van der Waals surface area contributed by atoms with Gasteiger partial charge in [-0.2, -0.15) is 5.26 Å². The molecule has 1 N–H and O–H groups in total. The molecule has 1 aromatic heterocycles. The first kappa shape index (κ1) is 17.7. The zero-order valence-corrected chi connectivity index (χ0v) is 15.3. The zero-order valence-electron chi connectivity index (χ0n) is 15.3. The van der Waals surface area contributed by atoms with Crippen LogP contribution in [0.5, 0.6) is 0 Å². The third-order valence-electron chi connectivity index (χ3n) is 4.32. The summed E-state index contributed by atoms with van der Waals surface area (Å²) in [5.41, 5.74) is 3.60. The first-order valence-corrected chi connectivity index (χ1v) is 8.58. The van der Waals surface area contributed by atoms with Gasteiger partial charge >= 0.3 is 0 Å². The largest absolute Gasteiger partial charge is 0.370 e. The first-order chi connectivity index (χ1) is 10.7. The monoisotopic (exact) mass is 315 g/mol. The van der Waals surface area contributed by atoms with Gasteiger partial charge in [0.1, 0.15) is 11.9 Å². The Morgan fingerprint density at radius 1 is 1.26 bits per heavy atom. The number of nitrogens with one attached hydrogen (secondary N) is 1. The molecule has 0 aliphatic carbocycles. The minimum Gasteiger partial charge on any atom is -0.370 e. The van der Waals surface area contributed by atoms with Gasteiger partial charge in [-0.3, -0.25) is 0 Å². The number of pyridine rings is 1. The molecule has 0 bridgehead atoms. The number of nitriles is 1. The average Bonchev–Trinajstić information content (AvgIpc) is 2.44. The topological polar surface area (TPSA) is 57.9 Å². The van der Waals surface area contributed by atoms with E-state index in [1.807, 2.05) is 0 Å². The van der Waals surface area contributed by atoms with E-state index >= 15 is 0 Å². The van der Waals surface area contributed by atoms with Crippen molar-refractivity contribution in [2.45, 2.75) is 72.5 Å². The van der Waals surface area contributed by atoms with Crippen molar-refractivity contribution in [3.05, 3.63) is 22.4 Å². The number of rotatable bonds is 5. The van der Waals surface area contributed by atoms with E-state index in [9.17, 15) is 5.26 Å². The molecule has 0 radical (unpaired) electrons. The molecule has 23 heavy (non-hydrogen) atoms. The van der Waals surface area contributed by atoms with Crippen LogP contribution in [0.1, 0.15) is 76.3 Å². The number of fused-ring (bicyclic) bond motifs is 1. The molecule has 1 aliphatic heterocycles. The molecule has 126 valence electrons. The van der Waals surface area contributed by atoms with E-state index in [1.54, 1.807) is 0 Å². The molecule has 0 spiro atoms. The van der Waals surface area contributed by atoms with E-state index < -0.39 is 0 Å². The van der Waals surface area contributed by atoms with Crippen LogP contribution >= 0.6 is 0 Å². The van der Waals surface area contributed by atoms with Crippen LogP contribution < -0.4 is 5.32 Å². The number of hydrogen-bond acceptors (Lipinski definition) is 4. The predicted octanol–water partition coefficient (Wildman–Crippen LogP) is 4.39. The summed E-state index contributed by atoms with van der Waals surface area (Å²) in [5, 5.41) is 13.2. The molecule has 0 amide bonds. The van der Waals surface area contributed by atoms with Crippen LogP contribution in [0.4, 0.5) is 5.82 Å². The summed E-state index contributed by atoms with van der Waals surface area (Å²) < 4.78 is 5.97. The molecule has 0 fully saturated rings. The fourth-order valence-electron chi connectivity index (χ4n) is 2.96. The molecule has 1 aromatic rings. The number of ether oxygens (including phenoxy) is 1. The van der Waals surface area contributed by atoms with Crippen molar-refractivity contribution in [1.82, 2.24) is 4.98 Å². The maximum absolute atomic E-state index is 9.68. The van der Waals surface area contributed by atoms with Crippen molar-refractivity contribution in [3.63, 3.8) is 0 Å². The summed E-state index contributed by atoms with van der Waals surface area (Å²) in [6.07, 6.45) is 1.85. The lowest BCUT2D eigenvalue weighted by molar-refractivity contribution is -0.0400. The number of hydrogen-bond donors (Lipinski definition) is 1. The van der Waals surface area contributed by atoms with E-state index in [1.165, 1.54) is 0 Å². The third-order valence-corrected chi connectivity index (χ3v) is 4.32. The second-order valence-corrected chi connectivity index (χ2v) is 7.78. The summed E-state index contributed by atoms with van der Waals surface area (Å²) in [6, 6.07) is 2.40. The van der Waals surface area contributed by atoms with E-state index in [2.05, 4.69) is 52.9 Å². The lowest BCUT2D eigenvalue weighted by Crippen LogP contribution is -2.33. The highest BCUT2D eigenvalue weighted by atomic mass is 16.5. The lowest BCUT2D eigenvalue weighted by Gasteiger charge is -2.34. The van der Waals surface area contributed by atoms with Crippen LogP contribution in [0.15, 0.2) is 0 Å². The van der Waals surface area contributed by atoms with Crippen LogP contribution in [0.3, 0.4) is 0 Å². The number of aromatic nitrogens is 1. The van der Waals surface area contributed by atoms with Gasteiger partial charge in [0.25, 0.3) is 0 Å². The lowest BCUT2D eigenvalue weighted by atomic mass is 9.86. The molecular weight excluding hydrogens is 286 g/mol. The Balaban J connectivity index is 2.47. The molecule has 2 rings (SSSR count). The summed E-state index contributed by atoms with van der Waals surface area (Å²) in [4.78, 5) is 4.79. The second kappa shape index (κ2) is 6.88. The Morgan fingerprint density at radius 3 is 2.52 bits per heavy atom. The molecule has 0 atom stereocenters. The maximum atomic E-state index is 9.68. The zero-order chi connectivity index (χ0) is 17.2. The Morgan fingerprint density at radius 2 is 1.96 bits per heavy atom. The summed E-state index contributed by atoms with van der Waals surface area (Å²) >= 11 is 0. The van der Waals surface area contributed by atoms with Crippen molar-refractivity contribution in [2.24, 2.45) is 5.92 Å². The van der Waals surface area contributed by atoms with Gasteiger partial charge in [-0.15, -0.1) is 0 Å². The Labute approximate surface area is 140 Å². The Kier molecular flexibility index (Phi) is 5.31. The second-order valence-electron chi connectivity index (χ2n) is 7.78. The minimum atomic E-state index is -0.233.